The SMILES string of the molecule is CC(=O)/C=C(\C=C\C1(O)C=CC(=O)CC1(C)C)CC(CC=C(C)C)[C@H](C)CC(C)=O. The molecule has 0 aromatic carbocycles. The third-order valence-corrected chi connectivity index (χ3v) is 5.90. The van der Waals surface area contributed by atoms with Crippen LogP contribution in [0.2, 0.25) is 0 Å². The first-order valence-corrected chi connectivity index (χ1v) is 10.7. The standard InChI is InChI=1S/C26H38O4/c1-18(2)8-9-23(19(3)14-20(4)27)16-22(15-21(5)28)10-12-26(30)13-11-24(29)17-25(26,6)7/h8,10-13,15,19,23,30H,9,14,16-17H2,1-7H3/b12-10+,22-15+/t19-,23?,26?/m1/s1. The van der Waals surface area contributed by atoms with Gasteiger partial charge < -0.3 is 9.90 Å². The fourth-order valence-electron chi connectivity index (χ4n) is 3.86. The molecule has 4 nitrogen and oxygen atoms in total. The number of ketones is 3. The lowest BCUT2D eigenvalue weighted by Crippen LogP contribution is -2.45. The maximum atomic E-state index is 11.9. The molecular weight excluding hydrogens is 376 g/mol. The molecule has 0 aromatic rings. The van der Waals surface area contributed by atoms with Crippen molar-refractivity contribution in [3.05, 3.63) is 47.6 Å². The van der Waals surface area contributed by atoms with Crippen molar-refractivity contribution < 1.29 is 19.5 Å². The zero-order valence-electron chi connectivity index (χ0n) is 19.6. The van der Waals surface area contributed by atoms with Crippen LogP contribution in [-0.4, -0.2) is 28.1 Å². The van der Waals surface area contributed by atoms with Crippen molar-refractivity contribution in [1.82, 2.24) is 0 Å². The summed E-state index contributed by atoms with van der Waals surface area (Å²) in [6.07, 6.45) is 12.4. The molecule has 4 heteroatoms. The van der Waals surface area contributed by atoms with Crippen LogP contribution < -0.4 is 0 Å². The lowest BCUT2D eigenvalue weighted by Gasteiger charge is -2.40. The number of carbonyl (C=O) groups excluding carboxylic acids is 3. The van der Waals surface area contributed by atoms with Gasteiger partial charge in [0.2, 0.25) is 0 Å². The van der Waals surface area contributed by atoms with Gasteiger partial charge >= 0.3 is 0 Å². The number of carbonyl (C=O) groups is 3. The highest BCUT2D eigenvalue weighted by molar-refractivity contribution is 5.92. The van der Waals surface area contributed by atoms with Gasteiger partial charge in [0.15, 0.2) is 11.6 Å². The van der Waals surface area contributed by atoms with Crippen molar-refractivity contribution >= 4 is 17.3 Å². The lowest BCUT2D eigenvalue weighted by molar-refractivity contribution is -0.121. The Bertz CT molecular complexity index is 775. The topological polar surface area (TPSA) is 71.4 Å². The van der Waals surface area contributed by atoms with Gasteiger partial charge in [-0.15, -0.1) is 0 Å². The van der Waals surface area contributed by atoms with Crippen molar-refractivity contribution in [2.24, 2.45) is 17.3 Å². The lowest BCUT2D eigenvalue weighted by atomic mass is 9.68. The first-order chi connectivity index (χ1) is 13.8. The molecule has 1 N–H and O–H groups in total. The smallest absolute Gasteiger partial charge is 0.156 e. The minimum atomic E-state index is -1.27. The molecule has 0 aliphatic heterocycles. The highest BCUT2D eigenvalue weighted by Gasteiger charge is 2.43. The van der Waals surface area contributed by atoms with Crippen LogP contribution in [0.25, 0.3) is 0 Å². The zero-order chi connectivity index (χ0) is 23.1. The van der Waals surface area contributed by atoms with E-state index in [0.29, 0.717) is 12.8 Å². The van der Waals surface area contributed by atoms with E-state index in [2.05, 4.69) is 13.0 Å². The summed E-state index contributed by atoms with van der Waals surface area (Å²) < 4.78 is 0. The minimum absolute atomic E-state index is 0.00239. The molecule has 0 saturated carbocycles. The second-order valence-electron chi connectivity index (χ2n) is 9.71. The highest BCUT2D eigenvalue weighted by Crippen LogP contribution is 2.40. The van der Waals surface area contributed by atoms with Crippen LogP contribution in [0.15, 0.2) is 47.6 Å². The maximum absolute atomic E-state index is 11.9. The van der Waals surface area contributed by atoms with Crippen LogP contribution in [-0.2, 0) is 14.4 Å². The van der Waals surface area contributed by atoms with Crippen LogP contribution in [0.4, 0.5) is 0 Å². The quantitative estimate of drug-likeness (QED) is 0.298. The van der Waals surface area contributed by atoms with Crippen LogP contribution in [0.5, 0.6) is 0 Å². The average molecular weight is 415 g/mol. The molecule has 2 unspecified atom stereocenters. The van der Waals surface area contributed by atoms with E-state index in [-0.39, 0.29) is 35.6 Å². The Kier molecular flexibility index (Phi) is 9.35. The average Bonchev–Trinajstić information content (AvgIpc) is 2.58. The van der Waals surface area contributed by atoms with Crippen molar-refractivity contribution in [2.75, 3.05) is 0 Å². The molecule has 1 rings (SSSR count). The van der Waals surface area contributed by atoms with Crippen LogP contribution in [0.1, 0.15) is 74.1 Å². The Hall–Kier alpha value is -2.07. The molecule has 3 atom stereocenters. The zero-order valence-corrected chi connectivity index (χ0v) is 19.6. The predicted octanol–water partition coefficient (Wildman–Crippen LogP) is 5.32. The Labute approximate surface area is 181 Å². The second-order valence-corrected chi connectivity index (χ2v) is 9.71. The molecule has 0 bridgehead atoms. The second kappa shape index (κ2) is 10.8. The third-order valence-electron chi connectivity index (χ3n) is 5.90. The molecule has 1 aliphatic carbocycles. The summed E-state index contributed by atoms with van der Waals surface area (Å²) in [7, 11) is 0. The van der Waals surface area contributed by atoms with Gasteiger partial charge in [0, 0.05) is 18.3 Å². The third kappa shape index (κ3) is 7.98. The summed E-state index contributed by atoms with van der Waals surface area (Å²) >= 11 is 0. The normalized spacial score (nSPS) is 23.3. The first-order valence-electron chi connectivity index (χ1n) is 10.7. The largest absolute Gasteiger partial charge is 0.381 e. The number of hydrogen-bond acceptors (Lipinski definition) is 4. The van der Waals surface area contributed by atoms with Crippen LogP contribution in [0, 0.1) is 17.3 Å². The van der Waals surface area contributed by atoms with E-state index in [0.717, 1.165) is 12.0 Å². The van der Waals surface area contributed by atoms with Crippen molar-refractivity contribution in [1.29, 1.82) is 0 Å². The summed E-state index contributed by atoms with van der Waals surface area (Å²) in [5, 5.41) is 11.1. The predicted molar refractivity (Wildman–Crippen MR) is 122 cm³/mol. The fourth-order valence-corrected chi connectivity index (χ4v) is 3.86. The van der Waals surface area contributed by atoms with Gasteiger partial charge in [-0.25, -0.2) is 0 Å². The van der Waals surface area contributed by atoms with Gasteiger partial charge in [0.1, 0.15) is 11.4 Å². The van der Waals surface area contributed by atoms with Crippen molar-refractivity contribution in [3.8, 4) is 0 Å². The molecule has 0 saturated heterocycles. The number of Topliss-reactive ketones (excluding diaryl/α,β-unsaturated/α-hetero) is 1. The number of aliphatic hydroxyl groups is 1. The summed E-state index contributed by atoms with van der Waals surface area (Å²) in [5.74, 6) is 0.469. The van der Waals surface area contributed by atoms with Gasteiger partial charge in [-0.05, 0) is 82.2 Å². The van der Waals surface area contributed by atoms with Crippen LogP contribution in [0.3, 0.4) is 0 Å². The van der Waals surface area contributed by atoms with Crippen LogP contribution >= 0.6 is 0 Å². The maximum Gasteiger partial charge on any atom is 0.156 e. The molecule has 30 heavy (non-hydrogen) atoms. The molecule has 166 valence electrons. The van der Waals surface area contributed by atoms with E-state index in [1.807, 2.05) is 27.7 Å². The monoisotopic (exact) mass is 414 g/mol. The van der Waals surface area contributed by atoms with Crippen molar-refractivity contribution in [3.63, 3.8) is 0 Å². The molecule has 0 aromatic heterocycles. The van der Waals surface area contributed by atoms with E-state index in [1.54, 1.807) is 31.2 Å². The Morgan fingerprint density at radius 1 is 1.17 bits per heavy atom. The number of hydrogen-bond donors (Lipinski definition) is 1. The molecule has 0 heterocycles. The van der Waals surface area contributed by atoms with Gasteiger partial charge in [-0.3, -0.25) is 9.59 Å². The fraction of sp³-hybridized carbons (Fsp3) is 0.577. The Balaban J connectivity index is 3.20. The molecule has 0 radical (unpaired) electrons. The number of rotatable bonds is 10. The van der Waals surface area contributed by atoms with E-state index in [4.69, 9.17) is 0 Å². The van der Waals surface area contributed by atoms with E-state index < -0.39 is 11.0 Å². The molecule has 0 spiro atoms. The molecule has 0 fully saturated rings. The van der Waals surface area contributed by atoms with Gasteiger partial charge in [-0.2, -0.15) is 0 Å². The summed E-state index contributed by atoms with van der Waals surface area (Å²) in [6.45, 7) is 13.0. The van der Waals surface area contributed by atoms with Gasteiger partial charge in [0.05, 0.1) is 0 Å². The Morgan fingerprint density at radius 2 is 1.80 bits per heavy atom. The Morgan fingerprint density at radius 3 is 2.30 bits per heavy atom. The number of allylic oxidation sites excluding steroid dienone is 6. The highest BCUT2D eigenvalue weighted by atomic mass is 16.3. The summed E-state index contributed by atoms with van der Waals surface area (Å²) in [6, 6.07) is 0. The van der Waals surface area contributed by atoms with E-state index >= 15 is 0 Å². The summed E-state index contributed by atoms with van der Waals surface area (Å²) in [4.78, 5) is 35.3. The van der Waals surface area contributed by atoms with Crippen molar-refractivity contribution in [2.45, 2.75) is 79.8 Å². The summed E-state index contributed by atoms with van der Waals surface area (Å²) in [5.41, 5.74) is 0.132. The van der Waals surface area contributed by atoms with Gasteiger partial charge in [-0.1, -0.05) is 38.5 Å². The van der Waals surface area contributed by atoms with E-state index in [1.165, 1.54) is 18.6 Å². The molecular formula is C26H38O4. The minimum Gasteiger partial charge on any atom is -0.381 e. The molecule has 0 amide bonds. The van der Waals surface area contributed by atoms with Gasteiger partial charge in [0.25, 0.3) is 0 Å². The molecule has 1 aliphatic rings. The van der Waals surface area contributed by atoms with E-state index in [9.17, 15) is 19.5 Å². The first kappa shape index (κ1) is 26.0.